The first kappa shape index (κ1) is 37.8. The summed E-state index contributed by atoms with van der Waals surface area (Å²) in [6.45, 7) is 9.26. The Bertz CT molecular complexity index is 1480. The first-order valence-corrected chi connectivity index (χ1v) is 18.0. The van der Waals surface area contributed by atoms with Gasteiger partial charge in [0.05, 0.1) is 19.7 Å². The van der Waals surface area contributed by atoms with Crippen molar-refractivity contribution >= 4 is 35.7 Å². The van der Waals surface area contributed by atoms with Crippen molar-refractivity contribution in [3.8, 4) is 0 Å². The van der Waals surface area contributed by atoms with E-state index >= 15 is 0 Å². The molecular formula is C37H51N5O9. The SMILES string of the molecule is C=C[C@@H]1C[C@]1(NC(=O)[C@@H]1C[C@@H](OC(=O)N2CCOC(c3ccccc3)C2)CN1C(=O)[C@@H](NC(=O)[C@@H](NC(C)=O)C1CCCCC1)C(C)C)C(=O)O. The molecule has 5 amide bonds. The van der Waals surface area contributed by atoms with Gasteiger partial charge in [0.25, 0.3) is 0 Å². The van der Waals surface area contributed by atoms with E-state index in [2.05, 4.69) is 22.5 Å². The van der Waals surface area contributed by atoms with Crippen molar-refractivity contribution in [2.75, 3.05) is 26.2 Å². The molecule has 51 heavy (non-hydrogen) atoms. The van der Waals surface area contributed by atoms with Crippen LogP contribution in [0.2, 0.25) is 0 Å². The molecule has 4 fully saturated rings. The van der Waals surface area contributed by atoms with Crippen LogP contribution < -0.4 is 16.0 Å². The van der Waals surface area contributed by atoms with Crippen molar-refractivity contribution in [2.24, 2.45) is 17.8 Å². The van der Waals surface area contributed by atoms with Crippen LogP contribution in [0.25, 0.3) is 0 Å². The number of ether oxygens (including phenoxy) is 2. The van der Waals surface area contributed by atoms with Crippen molar-refractivity contribution in [3.63, 3.8) is 0 Å². The van der Waals surface area contributed by atoms with Crippen LogP contribution in [0.1, 0.15) is 77.4 Å². The Morgan fingerprint density at radius 2 is 1.75 bits per heavy atom. The monoisotopic (exact) mass is 709 g/mol. The lowest BCUT2D eigenvalue weighted by Crippen LogP contribution is -2.60. The third-order valence-electron chi connectivity index (χ3n) is 10.6. The number of benzene rings is 1. The van der Waals surface area contributed by atoms with Crippen LogP contribution in [0.15, 0.2) is 43.0 Å². The molecule has 14 nitrogen and oxygen atoms in total. The summed E-state index contributed by atoms with van der Waals surface area (Å²) in [5, 5.41) is 18.3. The number of carboxylic acids is 1. The number of likely N-dealkylation sites (tertiary alicyclic amines) is 1. The van der Waals surface area contributed by atoms with Crippen LogP contribution in [0.5, 0.6) is 0 Å². The van der Waals surface area contributed by atoms with Gasteiger partial charge in [0.15, 0.2) is 0 Å². The Kier molecular flexibility index (Phi) is 12.0. The summed E-state index contributed by atoms with van der Waals surface area (Å²) in [6, 6.07) is 6.43. The molecule has 5 rings (SSSR count). The molecule has 4 aliphatic rings. The Morgan fingerprint density at radius 3 is 2.35 bits per heavy atom. The van der Waals surface area contributed by atoms with E-state index in [1.807, 2.05) is 30.3 Å². The molecule has 2 heterocycles. The number of nitrogens with zero attached hydrogens (tertiary/aromatic N) is 2. The summed E-state index contributed by atoms with van der Waals surface area (Å²) in [7, 11) is 0. The first-order chi connectivity index (χ1) is 24.3. The number of carbonyl (C=O) groups excluding carboxylic acids is 5. The zero-order valence-electron chi connectivity index (χ0n) is 29.7. The lowest BCUT2D eigenvalue weighted by molar-refractivity contribution is -0.146. The summed E-state index contributed by atoms with van der Waals surface area (Å²) >= 11 is 0. The number of amides is 5. The van der Waals surface area contributed by atoms with Gasteiger partial charge in [-0.05, 0) is 36.7 Å². The maximum atomic E-state index is 14.4. The summed E-state index contributed by atoms with van der Waals surface area (Å²) in [6.07, 6.45) is 4.19. The van der Waals surface area contributed by atoms with Gasteiger partial charge in [-0.1, -0.05) is 69.5 Å². The highest BCUT2D eigenvalue weighted by molar-refractivity contribution is 5.97. The minimum absolute atomic E-state index is 0.0699. The number of carboxylic acid groups (broad SMARTS) is 1. The highest BCUT2D eigenvalue weighted by Gasteiger charge is 2.61. The van der Waals surface area contributed by atoms with Crippen LogP contribution >= 0.6 is 0 Å². The maximum Gasteiger partial charge on any atom is 0.410 e. The highest BCUT2D eigenvalue weighted by atomic mass is 16.6. The third kappa shape index (κ3) is 8.71. The van der Waals surface area contributed by atoms with E-state index in [0.717, 1.165) is 37.7 Å². The molecule has 1 unspecified atom stereocenters. The van der Waals surface area contributed by atoms with Crippen LogP contribution in [-0.2, 0) is 33.4 Å². The molecule has 2 saturated heterocycles. The number of hydrogen-bond acceptors (Lipinski definition) is 8. The van der Waals surface area contributed by atoms with Gasteiger partial charge >= 0.3 is 12.1 Å². The molecule has 4 N–H and O–H groups in total. The fourth-order valence-corrected chi connectivity index (χ4v) is 7.61. The van der Waals surface area contributed by atoms with E-state index in [-0.39, 0.29) is 43.9 Å². The zero-order chi connectivity index (χ0) is 36.9. The van der Waals surface area contributed by atoms with E-state index in [1.165, 1.54) is 22.8 Å². The van der Waals surface area contributed by atoms with E-state index < -0.39 is 71.4 Å². The lowest BCUT2D eigenvalue weighted by Gasteiger charge is -2.34. The molecule has 7 atom stereocenters. The largest absolute Gasteiger partial charge is 0.479 e. The first-order valence-electron chi connectivity index (χ1n) is 18.0. The highest BCUT2D eigenvalue weighted by Crippen LogP contribution is 2.45. The van der Waals surface area contributed by atoms with Gasteiger partial charge in [0.2, 0.25) is 23.6 Å². The van der Waals surface area contributed by atoms with Gasteiger partial charge in [0.1, 0.15) is 35.9 Å². The van der Waals surface area contributed by atoms with Gasteiger partial charge < -0.3 is 40.3 Å². The van der Waals surface area contributed by atoms with Crippen LogP contribution in [-0.4, -0.2) is 107 Å². The molecular weight excluding hydrogens is 658 g/mol. The predicted molar refractivity (Wildman–Crippen MR) is 185 cm³/mol. The van der Waals surface area contributed by atoms with Gasteiger partial charge in [-0.15, -0.1) is 6.58 Å². The second-order valence-electron chi connectivity index (χ2n) is 14.6. The summed E-state index contributed by atoms with van der Waals surface area (Å²) < 4.78 is 11.8. The molecule has 2 aliphatic heterocycles. The fraction of sp³-hybridized carbons (Fsp3) is 0.622. The molecule has 0 spiro atoms. The number of nitrogens with one attached hydrogen (secondary N) is 3. The number of rotatable bonds is 12. The second kappa shape index (κ2) is 16.3. The minimum Gasteiger partial charge on any atom is -0.479 e. The molecule has 14 heteroatoms. The van der Waals surface area contributed by atoms with Gasteiger partial charge in [-0.25, -0.2) is 9.59 Å². The Hall–Kier alpha value is -4.46. The molecule has 278 valence electrons. The Morgan fingerprint density at radius 1 is 1.04 bits per heavy atom. The standard InChI is InChI=1S/C37H51N5O9/c1-5-26-19-37(26,35(47)48)40-32(44)28-18-27(51-36(49)41-16-17-50-29(21-41)24-12-8-6-9-13-24)20-42(28)34(46)30(22(2)3)39-33(45)31(38-23(4)43)25-14-10-7-11-15-25/h5-6,8-9,12-13,22,25-31H,1,7,10-11,14-21H2,2-4H3,(H,38,43)(H,39,45)(H,40,44)(H,47,48)/t26-,27-,28+,29?,30+,31+,37-/m1/s1. The van der Waals surface area contributed by atoms with Crippen LogP contribution in [0, 0.1) is 17.8 Å². The van der Waals surface area contributed by atoms with Crippen molar-refractivity contribution in [1.29, 1.82) is 0 Å². The Labute approximate surface area is 298 Å². The predicted octanol–water partition coefficient (Wildman–Crippen LogP) is 2.54. The molecule has 0 aromatic heterocycles. The number of aliphatic carboxylic acids is 1. The zero-order valence-corrected chi connectivity index (χ0v) is 29.7. The molecule has 1 aromatic rings. The molecule has 2 saturated carbocycles. The Balaban J connectivity index is 1.34. The van der Waals surface area contributed by atoms with Crippen LogP contribution in [0.4, 0.5) is 4.79 Å². The molecule has 2 aliphatic carbocycles. The number of morpholine rings is 1. The molecule has 0 radical (unpaired) electrons. The maximum absolute atomic E-state index is 14.4. The number of hydrogen-bond donors (Lipinski definition) is 4. The quantitative estimate of drug-likeness (QED) is 0.237. The smallest absolute Gasteiger partial charge is 0.410 e. The topological polar surface area (TPSA) is 184 Å². The summed E-state index contributed by atoms with van der Waals surface area (Å²) in [5.74, 6) is -4.29. The van der Waals surface area contributed by atoms with Gasteiger partial charge in [-0.2, -0.15) is 0 Å². The van der Waals surface area contributed by atoms with E-state index in [9.17, 15) is 33.9 Å². The second-order valence-corrected chi connectivity index (χ2v) is 14.6. The normalized spacial score (nSPS) is 27.5. The lowest BCUT2D eigenvalue weighted by atomic mass is 9.83. The van der Waals surface area contributed by atoms with Crippen molar-refractivity contribution < 1.29 is 43.3 Å². The third-order valence-corrected chi connectivity index (χ3v) is 10.6. The van der Waals surface area contributed by atoms with Crippen molar-refractivity contribution in [3.05, 3.63) is 48.6 Å². The average Bonchev–Trinajstić information content (AvgIpc) is 3.69. The minimum atomic E-state index is -1.54. The van der Waals surface area contributed by atoms with Crippen molar-refractivity contribution in [2.45, 2.75) is 102 Å². The molecule has 1 aromatic carbocycles. The van der Waals surface area contributed by atoms with Crippen molar-refractivity contribution in [1.82, 2.24) is 25.8 Å². The average molecular weight is 710 g/mol. The number of carbonyl (C=O) groups is 6. The van der Waals surface area contributed by atoms with E-state index in [0.29, 0.717) is 13.2 Å². The molecule has 0 bridgehead atoms. The van der Waals surface area contributed by atoms with Gasteiger partial charge in [-0.3, -0.25) is 19.2 Å². The summed E-state index contributed by atoms with van der Waals surface area (Å²) in [4.78, 5) is 82.6. The van der Waals surface area contributed by atoms with Gasteiger partial charge in [0, 0.05) is 25.8 Å². The summed E-state index contributed by atoms with van der Waals surface area (Å²) in [5.41, 5.74) is -0.625. The van der Waals surface area contributed by atoms with Crippen LogP contribution in [0.3, 0.4) is 0 Å². The van der Waals surface area contributed by atoms with E-state index in [4.69, 9.17) is 9.47 Å². The van der Waals surface area contributed by atoms with E-state index in [1.54, 1.807) is 13.8 Å². The fourth-order valence-electron chi connectivity index (χ4n) is 7.61.